The molecule has 0 aromatic carbocycles. The minimum atomic E-state index is -1.75. The number of ether oxygens (including phenoxy) is 1. The summed E-state index contributed by atoms with van der Waals surface area (Å²) < 4.78 is 4.73. The van der Waals surface area contributed by atoms with E-state index >= 15 is 0 Å². The van der Waals surface area contributed by atoms with Crippen LogP contribution < -0.4 is 0 Å². The van der Waals surface area contributed by atoms with Crippen molar-refractivity contribution in [3.05, 3.63) is 90.8 Å². The maximum Gasteiger partial charge on any atom is 2.00 e. The van der Waals surface area contributed by atoms with Gasteiger partial charge in [-0.25, -0.2) is 0 Å². The van der Waals surface area contributed by atoms with E-state index in [9.17, 15) is 4.79 Å². The summed E-state index contributed by atoms with van der Waals surface area (Å²) in [5.74, 6) is -0.267. The minimum Gasteiger partial charge on any atom is -0.468 e. The van der Waals surface area contributed by atoms with Crippen molar-refractivity contribution in [3.8, 4) is 0 Å². The van der Waals surface area contributed by atoms with Gasteiger partial charge in [-0.3, -0.25) is 19.7 Å². The molecule has 2 aromatic heterocycles. The van der Waals surface area contributed by atoms with E-state index in [1.54, 1.807) is 12.4 Å². The van der Waals surface area contributed by atoms with Crippen LogP contribution in [0.1, 0.15) is 11.4 Å². The van der Waals surface area contributed by atoms with E-state index in [4.69, 9.17) is 35.4 Å². The molecule has 152 valence electrons. The van der Waals surface area contributed by atoms with E-state index in [2.05, 4.69) is 9.97 Å². The van der Waals surface area contributed by atoms with Gasteiger partial charge in [-0.05, 0) is 24.3 Å². The molecule has 0 bridgehead atoms. The first-order valence-electron chi connectivity index (χ1n) is 7.46. The predicted octanol–water partition coefficient (Wildman–Crippen LogP) is 1.17. The van der Waals surface area contributed by atoms with Gasteiger partial charge < -0.3 is 35.4 Å². The van der Waals surface area contributed by atoms with Crippen LogP contribution in [0.5, 0.6) is 0 Å². The van der Waals surface area contributed by atoms with Gasteiger partial charge in [-0.2, -0.15) is 0 Å². The minimum absolute atomic E-state index is 0. The van der Waals surface area contributed by atoms with E-state index in [-0.39, 0.29) is 32.0 Å². The third-order valence-electron chi connectivity index (χ3n) is 2.80. The van der Waals surface area contributed by atoms with Crippen LogP contribution in [-0.2, 0) is 42.1 Å². The molecule has 0 radical (unpaired) electrons. The van der Waals surface area contributed by atoms with Crippen molar-refractivity contribution >= 4 is 5.97 Å². The Balaban J connectivity index is 0. The summed E-state index contributed by atoms with van der Waals surface area (Å²) in [5.41, 5.74) is 1.82. The number of methoxy groups -OCH3 is 1. The molecule has 0 spiro atoms. The van der Waals surface area contributed by atoms with E-state index < -0.39 is 10.2 Å². The summed E-state index contributed by atoms with van der Waals surface area (Å²) in [6.07, 6.45) is 3.48. The molecular weight excluding hydrogens is 444 g/mol. The smallest absolute Gasteiger partial charge is 0.468 e. The van der Waals surface area contributed by atoms with Gasteiger partial charge in [0.1, 0.15) is 0 Å². The molecule has 29 heavy (non-hydrogen) atoms. The SMILES string of the molecule is COC(=O)CN(Cc1ccccn1)Cc1ccccn1.O=[N+]([O-])[O-].O=[N+]([O-])[O-].[Zn+2]. The molecule has 0 saturated carbocycles. The second-order valence-electron chi connectivity index (χ2n) is 4.81. The molecule has 2 aromatic rings. The first kappa shape index (κ1) is 28.0. The van der Waals surface area contributed by atoms with Crippen LogP contribution in [0.3, 0.4) is 0 Å². The Bertz CT molecular complexity index is 662. The summed E-state index contributed by atoms with van der Waals surface area (Å²) in [6.45, 7) is 1.36. The number of hydrogen-bond donors (Lipinski definition) is 0. The fourth-order valence-electron chi connectivity index (χ4n) is 1.86. The topological polar surface area (TPSA) is 188 Å². The second-order valence-corrected chi connectivity index (χ2v) is 4.81. The molecule has 0 unspecified atom stereocenters. The standard InChI is InChI=1S/C15H17N3O2.2NO3.Zn/c1-20-15(19)12-18(10-13-6-2-4-8-16-13)11-14-7-3-5-9-17-14;2*2-1(3)4;/h2-9H,10-12H2,1H3;;;/q;2*-1;+2. The molecule has 0 fully saturated rings. The number of esters is 1. The number of hydrogen-bond acceptors (Lipinski definition) is 11. The van der Waals surface area contributed by atoms with Crippen LogP contribution in [0.25, 0.3) is 0 Å². The van der Waals surface area contributed by atoms with Crippen molar-refractivity contribution in [2.45, 2.75) is 13.1 Å². The Kier molecular flexibility index (Phi) is 16.3. The molecule has 0 aliphatic heterocycles. The zero-order valence-electron chi connectivity index (χ0n) is 15.4. The predicted molar refractivity (Wildman–Crippen MR) is 95.3 cm³/mol. The summed E-state index contributed by atoms with van der Waals surface area (Å²) in [5, 5.41) is 29.5. The first-order chi connectivity index (χ1) is 13.2. The summed E-state index contributed by atoms with van der Waals surface area (Å²) >= 11 is 0. The molecule has 0 aliphatic rings. The fraction of sp³-hybridized carbons (Fsp3) is 0.267. The number of carbonyl (C=O) groups excluding carboxylic acids is 1. The molecule has 0 amide bonds. The van der Waals surface area contributed by atoms with Crippen molar-refractivity contribution in [3.63, 3.8) is 0 Å². The van der Waals surface area contributed by atoms with Gasteiger partial charge in [0, 0.05) is 25.5 Å². The third kappa shape index (κ3) is 17.9. The number of rotatable bonds is 6. The monoisotopic (exact) mass is 459 g/mol. The van der Waals surface area contributed by atoms with Crippen LogP contribution in [-0.4, -0.2) is 44.7 Å². The van der Waals surface area contributed by atoms with E-state index in [0.29, 0.717) is 13.1 Å². The molecule has 2 heterocycles. The van der Waals surface area contributed by atoms with Crippen molar-refractivity contribution < 1.29 is 39.2 Å². The van der Waals surface area contributed by atoms with Gasteiger partial charge in [0.05, 0.1) is 35.2 Å². The van der Waals surface area contributed by atoms with E-state index in [1.165, 1.54) is 7.11 Å². The molecule has 0 aliphatic carbocycles. The van der Waals surface area contributed by atoms with E-state index in [1.807, 2.05) is 41.3 Å². The van der Waals surface area contributed by atoms with Crippen LogP contribution in [0.15, 0.2) is 48.8 Å². The number of aromatic nitrogens is 2. The molecule has 0 saturated heterocycles. The maximum atomic E-state index is 11.5. The quantitative estimate of drug-likeness (QED) is 0.260. The second kappa shape index (κ2) is 16.9. The molecule has 0 atom stereocenters. The Labute approximate surface area is 177 Å². The third-order valence-corrected chi connectivity index (χ3v) is 2.80. The maximum absolute atomic E-state index is 11.5. The molecular formula is C15H17N5O8Zn. The van der Waals surface area contributed by atoms with Crippen molar-refractivity contribution in [2.75, 3.05) is 13.7 Å². The zero-order valence-corrected chi connectivity index (χ0v) is 18.4. The van der Waals surface area contributed by atoms with Crippen LogP contribution >= 0.6 is 0 Å². The normalized spacial score (nSPS) is 8.90. The van der Waals surface area contributed by atoms with Crippen LogP contribution in [0.2, 0.25) is 0 Å². The average Bonchev–Trinajstić information content (AvgIpc) is 2.62. The Morgan fingerprint density at radius 1 is 0.931 bits per heavy atom. The van der Waals surface area contributed by atoms with Gasteiger partial charge >= 0.3 is 25.4 Å². The van der Waals surface area contributed by atoms with Crippen molar-refractivity contribution in [1.82, 2.24) is 14.9 Å². The Morgan fingerprint density at radius 3 is 1.59 bits per heavy atom. The van der Waals surface area contributed by atoms with Gasteiger partial charge in [0.25, 0.3) is 0 Å². The summed E-state index contributed by atoms with van der Waals surface area (Å²) in [4.78, 5) is 38.5. The fourth-order valence-corrected chi connectivity index (χ4v) is 1.86. The zero-order chi connectivity index (χ0) is 21.4. The van der Waals surface area contributed by atoms with Crippen LogP contribution in [0, 0.1) is 30.6 Å². The molecule has 13 nitrogen and oxygen atoms in total. The molecule has 2 rings (SSSR count). The summed E-state index contributed by atoms with van der Waals surface area (Å²) in [7, 11) is 1.39. The first-order valence-corrected chi connectivity index (χ1v) is 7.46. The van der Waals surface area contributed by atoms with Gasteiger partial charge in [0.15, 0.2) is 0 Å². The van der Waals surface area contributed by atoms with Gasteiger partial charge in [-0.1, -0.05) is 12.1 Å². The summed E-state index contributed by atoms with van der Waals surface area (Å²) in [6, 6.07) is 11.5. The Morgan fingerprint density at radius 2 is 1.31 bits per heavy atom. The van der Waals surface area contributed by atoms with Crippen LogP contribution in [0.4, 0.5) is 0 Å². The number of carbonyl (C=O) groups is 1. The van der Waals surface area contributed by atoms with Gasteiger partial charge in [0.2, 0.25) is 0 Å². The largest absolute Gasteiger partial charge is 2.00 e. The molecule has 14 heteroatoms. The molecule has 0 N–H and O–H groups in total. The van der Waals surface area contributed by atoms with Gasteiger partial charge in [-0.15, -0.1) is 0 Å². The van der Waals surface area contributed by atoms with E-state index in [0.717, 1.165) is 11.4 Å². The van der Waals surface area contributed by atoms with Crippen molar-refractivity contribution in [1.29, 1.82) is 0 Å². The van der Waals surface area contributed by atoms with Crippen molar-refractivity contribution in [2.24, 2.45) is 0 Å². The number of nitrogens with zero attached hydrogens (tertiary/aromatic N) is 5. The number of pyridine rings is 2. The Hall–Kier alpha value is -3.25. The average molecular weight is 461 g/mol.